The van der Waals surface area contributed by atoms with Gasteiger partial charge < -0.3 is 10.2 Å². The zero-order chi connectivity index (χ0) is 11.4. The van der Waals surface area contributed by atoms with Gasteiger partial charge in [-0.1, -0.05) is 23.2 Å². The first-order chi connectivity index (χ1) is 7.06. The minimum Gasteiger partial charge on any atom is -0.390 e. The number of halogens is 2. The van der Waals surface area contributed by atoms with Gasteiger partial charge in [-0.3, -0.25) is 4.98 Å². The lowest BCUT2D eigenvalue weighted by Gasteiger charge is -2.17. The third-order valence-electron chi connectivity index (χ3n) is 1.91. The Balaban J connectivity index is 2.86. The summed E-state index contributed by atoms with van der Waals surface area (Å²) in [7, 11) is 0. The molecule has 3 nitrogen and oxygen atoms in total. The van der Waals surface area contributed by atoms with Crippen molar-refractivity contribution in [3.8, 4) is 0 Å². The zero-order valence-electron chi connectivity index (χ0n) is 7.77. The van der Waals surface area contributed by atoms with Crippen molar-refractivity contribution in [3.05, 3.63) is 28.0 Å². The fraction of sp³-hybridized carbons (Fsp3) is 0.444. The average Bonchev–Trinajstić information content (AvgIpc) is 2.17. The summed E-state index contributed by atoms with van der Waals surface area (Å²) in [6.45, 7) is 0. The van der Waals surface area contributed by atoms with Crippen molar-refractivity contribution in [3.63, 3.8) is 0 Å². The maximum Gasteiger partial charge on any atom is 0.123 e. The van der Waals surface area contributed by atoms with Crippen molar-refractivity contribution >= 4 is 35.8 Å². The van der Waals surface area contributed by atoms with Crippen LogP contribution in [0, 0.1) is 0 Å². The van der Waals surface area contributed by atoms with Crippen molar-refractivity contribution < 1.29 is 10.2 Å². The standard InChI is InChI=1S/C9H11Cl2NO2S/c10-5-3-6(11)8(12-4-5)9(14)7(13)1-2-15/h3-4,7,9,13-15H,1-2H2. The molecule has 2 unspecified atom stereocenters. The van der Waals surface area contributed by atoms with Crippen LogP contribution in [0.2, 0.25) is 10.0 Å². The summed E-state index contributed by atoms with van der Waals surface area (Å²) in [6.07, 6.45) is -0.291. The molecule has 2 N–H and O–H groups in total. The number of aliphatic hydroxyl groups excluding tert-OH is 2. The molecule has 0 radical (unpaired) electrons. The molecular weight excluding hydrogens is 257 g/mol. The minimum absolute atomic E-state index is 0.232. The van der Waals surface area contributed by atoms with E-state index in [9.17, 15) is 10.2 Å². The van der Waals surface area contributed by atoms with Gasteiger partial charge >= 0.3 is 0 Å². The Kier molecular flexibility index (Phi) is 5.15. The second-order valence-electron chi connectivity index (χ2n) is 3.05. The van der Waals surface area contributed by atoms with E-state index in [0.29, 0.717) is 17.2 Å². The molecule has 0 bridgehead atoms. The molecular formula is C9H11Cl2NO2S. The Morgan fingerprint density at radius 3 is 2.60 bits per heavy atom. The molecule has 0 aliphatic rings. The zero-order valence-corrected chi connectivity index (χ0v) is 10.2. The summed E-state index contributed by atoms with van der Waals surface area (Å²) in [5.74, 6) is 0.476. The molecule has 1 heterocycles. The molecule has 0 spiro atoms. The number of thiol groups is 1. The summed E-state index contributed by atoms with van der Waals surface area (Å²) in [4.78, 5) is 3.88. The smallest absolute Gasteiger partial charge is 0.123 e. The van der Waals surface area contributed by atoms with Crippen LogP contribution in [0.1, 0.15) is 18.2 Å². The maximum atomic E-state index is 9.72. The Morgan fingerprint density at radius 2 is 2.07 bits per heavy atom. The summed E-state index contributed by atoms with van der Waals surface area (Å²) in [5, 5.41) is 19.9. The van der Waals surface area contributed by atoms with Crippen LogP contribution in [-0.2, 0) is 0 Å². The molecule has 0 amide bonds. The summed E-state index contributed by atoms with van der Waals surface area (Å²) < 4.78 is 0. The molecule has 6 heteroatoms. The van der Waals surface area contributed by atoms with E-state index in [2.05, 4.69) is 17.6 Å². The molecule has 15 heavy (non-hydrogen) atoms. The Labute approximate surface area is 103 Å². The van der Waals surface area contributed by atoms with Crippen LogP contribution in [-0.4, -0.2) is 27.1 Å². The molecule has 84 valence electrons. The molecule has 0 fully saturated rings. The topological polar surface area (TPSA) is 53.4 Å². The second kappa shape index (κ2) is 5.92. The lowest BCUT2D eigenvalue weighted by molar-refractivity contribution is 0.0147. The van der Waals surface area contributed by atoms with Crippen LogP contribution in [0.15, 0.2) is 12.3 Å². The monoisotopic (exact) mass is 267 g/mol. The lowest BCUT2D eigenvalue weighted by atomic mass is 10.1. The number of aliphatic hydroxyl groups is 2. The van der Waals surface area contributed by atoms with Crippen LogP contribution in [0.3, 0.4) is 0 Å². The maximum absolute atomic E-state index is 9.72. The van der Waals surface area contributed by atoms with Gasteiger partial charge in [-0.15, -0.1) is 0 Å². The van der Waals surface area contributed by atoms with Crippen molar-refractivity contribution in [1.82, 2.24) is 4.98 Å². The molecule has 0 aliphatic heterocycles. The SMILES string of the molecule is OC(CCS)C(O)c1ncc(Cl)cc1Cl. The predicted molar refractivity (Wildman–Crippen MR) is 63.7 cm³/mol. The van der Waals surface area contributed by atoms with Crippen molar-refractivity contribution in [2.75, 3.05) is 5.75 Å². The van der Waals surface area contributed by atoms with E-state index in [1.807, 2.05) is 0 Å². The number of hydrogen-bond acceptors (Lipinski definition) is 4. The van der Waals surface area contributed by atoms with Crippen molar-refractivity contribution in [2.45, 2.75) is 18.6 Å². The molecule has 0 aliphatic carbocycles. The highest BCUT2D eigenvalue weighted by atomic mass is 35.5. The van der Waals surface area contributed by atoms with Gasteiger partial charge in [-0.25, -0.2) is 0 Å². The van der Waals surface area contributed by atoms with Crippen LogP contribution >= 0.6 is 35.8 Å². The van der Waals surface area contributed by atoms with Gasteiger partial charge in [0.2, 0.25) is 0 Å². The molecule has 1 aromatic rings. The first kappa shape index (κ1) is 13.1. The van der Waals surface area contributed by atoms with E-state index in [1.165, 1.54) is 12.3 Å². The van der Waals surface area contributed by atoms with Gasteiger partial charge in [-0.2, -0.15) is 12.6 Å². The van der Waals surface area contributed by atoms with Gasteiger partial charge in [-0.05, 0) is 18.2 Å². The number of pyridine rings is 1. The van der Waals surface area contributed by atoms with Crippen LogP contribution in [0.4, 0.5) is 0 Å². The normalized spacial score (nSPS) is 15.0. The number of rotatable bonds is 4. The average molecular weight is 268 g/mol. The minimum atomic E-state index is -1.11. The molecule has 1 rings (SSSR count). The van der Waals surface area contributed by atoms with Crippen LogP contribution in [0.5, 0.6) is 0 Å². The third kappa shape index (κ3) is 3.50. The van der Waals surface area contributed by atoms with Crippen molar-refractivity contribution in [2.24, 2.45) is 0 Å². The summed E-state index contributed by atoms with van der Waals surface area (Å²) in [6, 6.07) is 1.47. The predicted octanol–water partition coefficient (Wildman–Crippen LogP) is 2.10. The number of nitrogens with zero attached hydrogens (tertiary/aromatic N) is 1. The molecule has 2 atom stereocenters. The Morgan fingerprint density at radius 1 is 1.40 bits per heavy atom. The van der Waals surface area contributed by atoms with Crippen molar-refractivity contribution in [1.29, 1.82) is 0 Å². The first-order valence-corrected chi connectivity index (χ1v) is 5.73. The van der Waals surface area contributed by atoms with E-state index in [1.54, 1.807) is 0 Å². The third-order valence-corrected chi connectivity index (χ3v) is 2.67. The Hall–Kier alpha value is -0.0000000000000000555. The highest BCUT2D eigenvalue weighted by Gasteiger charge is 2.21. The van der Waals surface area contributed by atoms with E-state index in [0.717, 1.165) is 0 Å². The quantitative estimate of drug-likeness (QED) is 0.733. The lowest BCUT2D eigenvalue weighted by Crippen LogP contribution is -2.20. The van der Waals surface area contributed by atoms with Gasteiger partial charge in [0, 0.05) is 6.20 Å². The van der Waals surface area contributed by atoms with E-state index in [4.69, 9.17) is 23.2 Å². The second-order valence-corrected chi connectivity index (χ2v) is 4.34. The fourth-order valence-corrected chi connectivity index (χ4v) is 1.87. The van der Waals surface area contributed by atoms with Gasteiger partial charge in [0.25, 0.3) is 0 Å². The summed E-state index contributed by atoms with van der Waals surface area (Å²) >= 11 is 15.5. The number of aromatic nitrogens is 1. The first-order valence-electron chi connectivity index (χ1n) is 4.34. The van der Waals surface area contributed by atoms with Gasteiger partial charge in [0.1, 0.15) is 6.10 Å². The largest absolute Gasteiger partial charge is 0.390 e. The Bertz CT molecular complexity index is 338. The van der Waals surface area contributed by atoms with E-state index >= 15 is 0 Å². The van der Waals surface area contributed by atoms with Gasteiger partial charge in [0.15, 0.2) is 0 Å². The molecule has 0 aromatic carbocycles. The number of hydrogen-bond donors (Lipinski definition) is 3. The molecule has 0 saturated heterocycles. The van der Waals surface area contributed by atoms with E-state index < -0.39 is 12.2 Å². The molecule has 1 aromatic heterocycles. The summed E-state index contributed by atoms with van der Waals surface area (Å²) in [5.41, 5.74) is 0.232. The molecule has 0 saturated carbocycles. The van der Waals surface area contributed by atoms with Crippen LogP contribution in [0.25, 0.3) is 0 Å². The fourth-order valence-electron chi connectivity index (χ4n) is 1.12. The van der Waals surface area contributed by atoms with Gasteiger partial charge in [0.05, 0.1) is 21.8 Å². The highest BCUT2D eigenvalue weighted by molar-refractivity contribution is 7.80. The van der Waals surface area contributed by atoms with Crippen LogP contribution < -0.4 is 0 Å². The van der Waals surface area contributed by atoms with E-state index in [-0.39, 0.29) is 10.7 Å². The highest BCUT2D eigenvalue weighted by Crippen LogP contribution is 2.26.